The minimum absolute atomic E-state index is 0.186. The number of halogens is 1. The number of carbonyl (C=O) groups excluding carboxylic acids is 1. The summed E-state index contributed by atoms with van der Waals surface area (Å²) in [4.78, 5) is 26.1. The average molecular weight is 399 g/mol. The van der Waals surface area contributed by atoms with Gasteiger partial charge in [-0.25, -0.2) is 9.37 Å². The first-order valence-corrected chi connectivity index (χ1v) is 9.59. The van der Waals surface area contributed by atoms with Crippen molar-refractivity contribution in [2.24, 2.45) is 10.7 Å². The Balaban J connectivity index is 1.93. The van der Waals surface area contributed by atoms with E-state index in [0.717, 1.165) is 10.5 Å². The number of amides is 1. The summed E-state index contributed by atoms with van der Waals surface area (Å²) >= 11 is 1.41. The Hall–Kier alpha value is -2.74. The van der Waals surface area contributed by atoms with Gasteiger partial charge in [-0.2, -0.15) is 0 Å². The van der Waals surface area contributed by atoms with Gasteiger partial charge in [0.15, 0.2) is 5.17 Å². The summed E-state index contributed by atoms with van der Waals surface area (Å²) in [5, 5.41) is 3.14. The van der Waals surface area contributed by atoms with E-state index in [1.807, 2.05) is 20.8 Å². The molecular formula is C20H22FN5OS. The molecule has 3 rings (SSSR count). The van der Waals surface area contributed by atoms with Crippen LogP contribution in [0.2, 0.25) is 0 Å². The third-order valence-electron chi connectivity index (χ3n) is 4.47. The number of hydrogen-bond acceptors (Lipinski definition) is 6. The number of amidine groups is 1. The van der Waals surface area contributed by atoms with Crippen molar-refractivity contribution in [1.82, 2.24) is 9.97 Å². The van der Waals surface area contributed by atoms with Gasteiger partial charge in [0.2, 0.25) is 0 Å². The van der Waals surface area contributed by atoms with Crippen LogP contribution in [0.4, 0.5) is 10.1 Å². The summed E-state index contributed by atoms with van der Waals surface area (Å²) < 4.78 is 14.7. The van der Waals surface area contributed by atoms with E-state index in [9.17, 15) is 9.18 Å². The van der Waals surface area contributed by atoms with Crippen LogP contribution in [0.5, 0.6) is 0 Å². The lowest BCUT2D eigenvalue weighted by Crippen LogP contribution is -2.29. The molecule has 0 unspecified atom stereocenters. The first-order chi connectivity index (χ1) is 13.2. The number of carbonyl (C=O) groups is 1. The maximum absolute atomic E-state index is 14.7. The second kappa shape index (κ2) is 7.71. The molecule has 2 heterocycles. The van der Waals surface area contributed by atoms with Crippen LogP contribution >= 0.6 is 11.8 Å². The maximum Gasteiger partial charge on any atom is 0.275 e. The average Bonchev–Trinajstić information content (AvgIpc) is 2.63. The molecule has 1 aliphatic heterocycles. The van der Waals surface area contributed by atoms with Crippen molar-refractivity contribution in [2.45, 2.75) is 39.7 Å². The summed E-state index contributed by atoms with van der Waals surface area (Å²) in [6.45, 7) is 7.63. The molecule has 0 bridgehead atoms. The van der Waals surface area contributed by atoms with Gasteiger partial charge in [0.1, 0.15) is 11.5 Å². The third-order valence-corrected chi connectivity index (χ3v) is 5.56. The first-order valence-electron chi connectivity index (χ1n) is 8.77. The Morgan fingerprint density at radius 1 is 1.29 bits per heavy atom. The molecule has 1 aliphatic rings. The standard InChI is InChI=1S/C20H22FN5OS/c1-11(2)17-8-20(4,26-19(22)28-17)14-7-13(5-6-15(14)21)25-18(27)16-10-23-12(3)9-24-16/h5-7,9-10H,8H2,1-4H3,(H2,22,26)(H,25,27)/t20-/m0/s1. The summed E-state index contributed by atoms with van der Waals surface area (Å²) in [5.41, 5.74) is 8.01. The number of aliphatic imine (C=N–C) groups is 1. The van der Waals surface area contributed by atoms with Crippen LogP contribution in [-0.2, 0) is 5.54 Å². The Bertz CT molecular complexity index is 983. The molecule has 3 N–H and O–H groups in total. The lowest BCUT2D eigenvalue weighted by molar-refractivity contribution is 0.102. The molecule has 8 heteroatoms. The smallest absolute Gasteiger partial charge is 0.275 e. The molecule has 6 nitrogen and oxygen atoms in total. The number of allylic oxidation sites excluding steroid dienone is 1. The highest BCUT2D eigenvalue weighted by Crippen LogP contribution is 2.43. The van der Waals surface area contributed by atoms with E-state index < -0.39 is 17.3 Å². The van der Waals surface area contributed by atoms with E-state index in [1.54, 1.807) is 13.0 Å². The number of anilines is 1. The van der Waals surface area contributed by atoms with Gasteiger partial charge in [0.25, 0.3) is 5.91 Å². The first kappa shape index (κ1) is 20.0. The zero-order chi connectivity index (χ0) is 20.5. The monoisotopic (exact) mass is 399 g/mol. The lowest BCUT2D eigenvalue weighted by atomic mass is 9.87. The zero-order valence-electron chi connectivity index (χ0n) is 16.2. The highest BCUT2D eigenvalue weighted by molar-refractivity contribution is 8.17. The SMILES string of the molecule is CC(C)=C1C[C@@](C)(c2cc(NC(=O)c3cnc(C)cn3)ccc2F)N=C(N)S1. The van der Waals surface area contributed by atoms with Gasteiger partial charge in [-0.3, -0.25) is 14.8 Å². The molecule has 1 aromatic heterocycles. The highest BCUT2D eigenvalue weighted by Gasteiger charge is 2.35. The maximum atomic E-state index is 14.7. The molecule has 0 saturated carbocycles. The normalized spacial score (nSPS) is 19.2. The topological polar surface area (TPSA) is 93.3 Å². The van der Waals surface area contributed by atoms with Gasteiger partial charge in [0.05, 0.1) is 17.4 Å². The molecule has 1 aromatic carbocycles. The molecule has 0 radical (unpaired) electrons. The van der Waals surface area contributed by atoms with Crippen LogP contribution in [0.3, 0.4) is 0 Å². The van der Waals surface area contributed by atoms with Gasteiger partial charge >= 0.3 is 0 Å². The van der Waals surface area contributed by atoms with Crippen LogP contribution in [0.25, 0.3) is 0 Å². The molecule has 0 fully saturated rings. The quantitative estimate of drug-likeness (QED) is 0.809. The van der Waals surface area contributed by atoms with Crippen LogP contribution in [0.1, 0.15) is 48.9 Å². The van der Waals surface area contributed by atoms with Crippen molar-refractivity contribution in [1.29, 1.82) is 0 Å². The third kappa shape index (κ3) is 4.22. The van der Waals surface area contributed by atoms with Crippen molar-refractivity contribution >= 4 is 28.5 Å². The number of hydrogen-bond donors (Lipinski definition) is 2. The zero-order valence-corrected chi connectivity index (χ0v) is 17.0. The van der Waals surface area contributed by atoms with Crippen molar-refractivity contribution in [3.05, 3.63) is 63.8 Å². The van der Waals surface area contributed by atoms with Crippen LogP contribution in [0, 0.1) is 12.7 Å². The van der Waals surface area contributed by atoms with Crippen LogP contribution in [0.15, 0.2) is 46.1 Å². The number of rotatable bonds is 3. The Kier molecular flexibility index (Phi) is 5.51. The van der Waals surface area contributed by atoms with Gasteiger partial charge in [-0.15, -0.1) is 0 Å². The van der Waals surface area contributed by atoms with Gasteiger partial charge in [0, 0.05) is 23.9 Å². The fourth-order valence-electron chi connectivity index (χ4n) is 2.94. The molecule has 0 saturated heterocycles. The van der Waals surface area contributed by atoms with E-state index in [2.05, 4.69) is 20.3 Å². The second-order valence-corrected chi connectivity index (χ2v) is 8.23. The largest absolute Gasteiger partial charge is 0.378 e. The van der Waals surface area contributed by atoms with Crippen molar-refractivity contribution in [3.8, 4) is 0 Å². The minimum Gasteiger partial charge on any atom is -0.378 e. The predicted molar refractivity (Wildman–Crippen MR) is 111 cm³/mol. The molecule has 0 spiro atoms. The predicted octanol–water partition coefficient (Wildman–Crippen LogP) is 4.14. The van der Waals surface area contributed by atoms with Gasteiger partial charge in [-0.05, 0) is 50.8 Å². The number of benzene rings is 1. The number of nitrogens with one attached hydrogen (secondary N) is 1. The molecule has 1 amide bonds. The number of aryl methyl sites for hydroxylation is 1. The fraction of sp³-hybridized carbons (Fsp3) is 0.300. The van der Waals surface area contributed by atoms with Gasteiger partial charge < -0.3 is 11.1 Å². The number of thioether (sulfide) groups is 1. The summed E-state index contributed by atoms with van der Waals surface area (Å²) in [7, 11) is 0. The lowest BCUT2D eigenvalue weighted by Gasteiger charge is -2.32. The number of nitrogens with two attached hydrogens (primary N) is 1. The highest BCUT2D eigenvalue weighted by atomic mass is 32.2. The van der Waals surface area contributed by atoms with Crippen molar-refractivity contribution in [2.75, 3.05) is 5.32 Å². The fourth-order valence-corrected chi connectivity index (χ4v) is 3.99. The molecule has 146 valence electrons. The minimum atomic E-state index is -0.851. The Morgan fingerprint density at radius 3 is 2.68 bits per heavy atom. The molecule has 1 atom stereocenters. The summed E-state index contributed by atoms with van der Waals surface area (Å²) in [6.07, 6.45) is 3.46. The van der Waals surface area contributed by atoms with E-state index >= 15 is 0 Å². The van der Waals surface area contributed by atoms with Crippen molar-refractivity contribution in [3.63, 3.8) is 0 Å². The second-order valence-electron chi connectivity index (χ2n) is 7.12. The van der Waals surface area contributed by atoms with E-state index in [-0.39, 0.29) is 5.69 Å². The van der Waals surface area contributed by atoms with E-state index in [4.69, 9.17) is 5.73 Å². The number of aromatic nitrogens is 2. The molecular weight excluding hydrogens is 377 g/mol. The van der Waals surface area contributed by atoms with Crippen LogP contribution in [-0.4, -0.2) is 21.0 Å². The summed E-state index contributed by atoms with van der Waals surface area (Å²) in [5.74, 6) is -0.811. The number of nitrogens with zero attached hydrogens (tertiary/aromatic N) is 3. The molecule has 0 aliphatic carbocycles. The molecule has 28 heavy (non-hydrogen) atoms. The molecule has 2 aromatic rings. The van der Waals surface area contributed by atoms with E-state index in [1.165, 1.54) is 36.3 Å². The van der Waals surface area contributed by atoms with E-state index in [0.29, 0.717) is 28.5 Å². The van der Waals surface area contributed by atoms with Crippen molar-refractivity contribution < 1.29 is 9.18 Å². The Labute approximate surface area is 167 Å². The summed E-state index contributed by atoms with van der Waals surface area (Å²) in [6, 6.07) is 4.44. The Morgan fingerprint density at radius 2 is 2.04 bits per heavy atom. The van der Waals surface area contributed by atoms with Crippen LogP contribution < -0.4 is 11.1 Å². The van der Waals surface area contributed by atoms with Gasteiger partial charge in [-0.1, -0.05) is 17.3 Å².